The molecule has 5 heteroatoms. The average Bonchev–Trinajstić information content (AvgIpc) is 2.48. The van der Waals surface area contributed by atoms with E-state index in [1.54, 1.807) is 6.92 Å². The predicted molar refractivity (Wildman–Crippen MR) is 80.3 cm³/mol. The van der Waals surface area contributed by atoms with E-state index in [4.69, 9.17) is 4.74 Å². The van der Waals surface area contributed by atoms with E-state index in [-0.39, 0.29) is 12.2 Å². The summed E-state index contributed by atoms with van der Waals surface area (Å²) in [5.41, 5.74) is 2.01. The smallest absolute Gasteiger partial charge is 0.343 e. The number of benzene rings is 1. The van der Waals surface area contributed by atoms with Gasteiger partial charge in [-0.2, -0.15) is 5.10 Å². The van der Waals surface area contributed by atoms with Crippen molar-refractivity contribution in [1.29, 1.82) is 0 Å². The molecule has 0 aliphatic heterocycles. The lowest BCUT2D eigenvalue weighted by Crippen LogP contribution is -2.21. The van der Waals surface area contributed by atoms with Crippen molar-refractivity contribution < 1.29 is 9.53 Å². The molecule has 0 atom stereocenters. The molecule has 0 amide bonds. The first-order valence-corrected chi connectivity index (χ1v) is 6.90. The molecule has 0 spiro atoms. The van der Waals surface area contributed by atoms with Gasteiger partial charge in [-0.25, -0.2) is 9.89 Å². The van der Waals surface area contributed by atoms with Crippen molar-refractivity contribution in [2.45, 2.75) is 26.7 Å². The quantitative estimate of drug-likeness (QED) is 0.877. The van der Waals surface area contributed by atoms with Crippen molar-refractivity contribution in [3.63, 3.8) is 0 Å². The maximum atomic E-state index is 11.7. The van der Waals surface area contributed by atoms with Crippen LogP contribution in [0.25, 0.3) is 11.3 Å². The van der Waals surface area contributed by atoms with E-state index < -0.39 is 11.5 Å². The van der Waals surface area contributed by atoms with Crippen molar-refractivity contribution in [3.8, 4) is 11.3 Å². The third kappa shape index (κ3) is 3.37. The van der Waals surface area contributed by atoms with E-state index in [9.17, 15) is 9.59 Å². The second-order valence-corrected chi connectivity index (χ2v) is 4.99. The van der Waals surface area contributed by atoms with Crippen molar-refractivity contribution >= 4 is 5.97 Å². The van der Waals surface area contributed by atoms with Crippen LogP contribution in [0.15, 0.2) is 35.1 Å². The van der Waals surface area contributed by atoms with Crippen LogP contribution < -0.4 is 5.56 Å². The highest BCUT2D eigenvalue weighted by atomic mass is 16.5. The van der Waals surface area contributed by atoms with E-state index in [0.29, 0.717) is 11.6 Å². The SMILES string of the molecule is CCOC(=O)c1cc(-c2ccc(C(C)C)cc2)n[nH]c1=O. The number of aromatic amines is 1. The van der Waals surface area contributed by atoms with Crippen molar-refractivity contribution in [2.75, 3.05) is 6.61 Å². The molecule has 0 saturated carbocycles. The van der Waals surface area contributed by atoms with Gasteiger partial charge in [0, 0.05) is 5.56 Å². The molecular weight excluding hydrogens is 268 g/mol. The van der Waals surface area contributed by atoms with Crippen LogP contribution in [0.1, 0.15) is 42.6 Å². The van der Waals surface area contributed by atoms with Crippen LogP contribution in [-0.2, 0) is 4.74 Å². The number of carbonyl (C=O) groups is 1. The molecule has 0 bridgehead atoms. The molecule has 0 saturated heterocycles. The summed E-state index contributed by atoms with van der Waals surface area (Å²) in [4.78, 5) is 23.4. The van der Waals surface area contributed by atoms with Crippen molar-refractivity contribution in [1.82, 2.24) is 10.2 Å². The summed E-state index contributed by atoms with van der Waals surface area (Å²) < 4.78 is 4.86. The van der Waals surface area contributed by atoms with Gasteiger partial charge >= 0.3 is 5.97 Å². The normalized spacial score (nSPS) is 10.7. The maximum Gasteiger partial charge on any atom is 0.343 e. The fourth-order valence-corrected chi connectivity index (χ4v) is 1.95. The van der Waals surface area contributed by atoms with E-state index in [1.165, 1.54) is 11.6 Å². The molecule has 110 valence electrons. The van der Waals surface area contributed by atoms with Crippen LogP contribution in [0.2, 0.25) is 0 Å². The number of rotatable bonds is 4. The molecule has 1 aromatic carbocycles. The van der Waals surface area contributed by atoms with Crippen LogP contribution in [0.4, 0.5) is 0 Å². The minimum atomic E-state index is -0.638. The summed E-state index contributed by atoms with van der Waals surface area (Å²) in [6.45, 7) is 6.15. The van der Waals surface area contributed by atoms with Gasteiger partial charge < -0.3 is 4.74 Å². The summed E-state index contributed by atoms with van der Waals surface area (Å²) in [6, 6.07) is 9.32. The number of aromatic nitrogens is 2. The number of carbonyl (C=O) groups excluding carboxylic acids is 1. The Bertz CT molecular complexity index is 687. The van der Waals surface area contributed by atoms with Gasteiger partial charge in [0.05, 0.1) is 12.3 Å². The molecule has 1 N–H and O–H groups in total. The van der Waals surface area contributed by atoms with Crippen molar-refractivity contribution in [2.24, 2.45) is 0 Å². The van der Waals surface area contributed by atoms with Gasteiger partial charge in [-0.1, -0.05) is 38.1 Å². The number of hydrogen-bond acceptors (Lipinski definition) is 4. The molecule has 0 radical (unpaired) electrons. The lowest BCUT2D eigenvalue weighted by Gasteiger charge is -2.07. The first-order valence-electron chi connectivity index (χ1n) is 6.90. The second kappa shape index (κ2) is 6.35. The Balaban J connectivity index is 2.38. The van der Waals surface area contributed by atoms with E-state index >= 15 is 0 Å². The van der Waals surface area contributed by atoms with Crippen LogP contribution in [0.3, 0.4) is 0 Å². The molecule has 0 aliphatic rings. The molecule has 5 nitrogen and oxygen atoms in total. The first-order chi connectivity index (χ1) is 10.0. The lowest BCUT2D eigenvalue weighted by molar-refractivity contribution is 0.0524. The highest BCUT2D eigenvalue weighted by Crippen LogP contribution is 2.20. The number of H-pyrrole nitrogens is 1. The Labute approximate surface area is 123 Å². The summed E-state index contributed by atoms with van der Waals surface area (Å²) in [5, 5.41) is 6.32. The third-order valence-electron chi connectivity index (χ3n) is 3.17. The van der Waals surface area contributed by atoms with Gasteiger partial charge in [0.1, 0.15) is 5.56 Å². The molecule has 0 aliphatic carbocycles. The zero-order valence-corrected chi connectivity index (χ0v) is 12.3. The van der Waals surface area contributed by atoms with E-state index in [0.717, 1.165) is 5.56 Å². The number of ether oxygens (including phenoxy) is 1. The fraction of sp³-hybridized carbons (Fsp3) is 0.312. The van der Waals surface area contributed by atoms with Gasteiger partial charge in [0.2, 0.25) is 0 Å². The first kappa shape index (κ1) is 15.0. The third-order valence-corrected chi connectivity index (χ3v) is 3.17. The maximum absolute atomic E-state index is 11.7. The predicted octanol–water partition coefficient (Wildman–Crippen LogP) is 2.74. The topological polar surface area (TPSA) is 72.0 Å². The van der Waals surface area contributed by atoms with Gasteiger partial charge in [-0.3, -0.25) is 4.79 Å². The average molecular weight is 286 g/mol. The van der Waals surface area contributed by atoms with Crippen molar-refractivity contribution in [3.05, 3.63) is 51.8 Å². The molecule has 2 rings (SSSR count). The van der Waals surface area contributed by atoms with E-state index in [2.05, 4.69) is 24.0 Å². The van der Waals surface area contributed by atoms with Crippen LogP contribution in [0, 0.1) is 0 Å². The minimum absolute atomic E-state index is 0.0326. The standard InChI is InChI=1S/C16H18N2O3/c1-4-21-16(20)13-9-14(17-18-15(13)19)12-7-5-11(6-8-12)10(2)3/h5-10H,4H2,1-3H3,(H,18,19). The molecule has 2 aromatic rings. The molecule has 1 aromatic heterocycles. The molecule has 0 unspecified atom stereocenters. The second-order valence-electron chi connectivity index (χ2n) is 4.99. The number of nitrogens with zero attached hydrogens (tertiary/aromatic N) is 1. The Morgan fingerprint density at radius 3 is 2.52 bits per heavy atom. The molecular formula is C16H18N2O3. The largest absolute Gasteiger partial charge is 0.462 e. The molecule has 21 heavy (non-hydrogen) atoms. The van der Waals surface area contributed by atoms with Crippen LogP contribution in [0.5, 0.6) is 0 Å². The highest BCUT2D eigenvalue weighted by Gasteiger charge is 2.14. The fourth-order valence-electron chi connectivity index (χ4n) is 1.95. The monoisotopic (exact) mass is 286 g/mol. The zero-order valence-electron chi connectivity index (χ0n) is 12.3. The zero-order chi connectivity index (χ0) is 15.4. The Morgan fingerprint density at radius 2 is 1.95 bits per heavy atom. The van der Waals surface area contributed by atoms with Crippen LogP contribution >= 0.6 is 0 Å². The van der Waals surface area contributed by atoms with Gasteiger partial charge in [0.25, 0.3) is 5.56 Å². The molecule has 0 fully saturated rings. The summed E-state index contributed by atoms with van der Waals surface area (Å²) in [6.07, 6.45) is 0. The Hall–Kier alpha value is -2.43. The van der Waals surface area contributed by atoms with Gasteiger partial charge in [-0.05, 0) is 24.5 Å². The lowest BCUT2D eigenvalue weighted by atomic mass is 10.0. The summed E-state index contributed by atoms with van der Waals surface area (Å²) in [7, 11) is 0. The number of esters is 1. The van der Waals surface area contributed by atoms with Gasteiger partial charge in [0.15, 0.2) is 0 Å². The Morgan fingerprint density at radius 1 is 1.29 bits per heavy atom. The highest BCUT2D eigenvalue weighted by molar-refractivity contribution is 5.90. The Kier molecular flexibility index (Phi) is 4.52. The minimum Gasteiger partial charge on any atom is -0.462 e. The summed E-state index contributed by atoms with van der Waals surface area (Å²) >= 11 is 0. The number of nitrogens with one attached hydrogen (secondary N) is 1. The number of hydrogen-bond donors (Lipinski definition) is 1. The van der Waals surface area contributed by atoms with E-state index in [1.807, 2.05) is 24.3 Å². The molecule has 1 heterocycles. The summed E-state index contributed by atoms with van der Waals surface area (Å²) in [5.74, 6) is -0.195. The van der Waals surface area contributed by atoms with Gasteiger partial charge in [-0.15, -0.1) is 0 Å². The van der Waals surface area contributed by atoms with Crippen LogP contribution in [-0.4, -0.2) is 22.8 Å².